The van der Waals surface area contributed by atoms with E-state index in [1.54, 1.807) is 0 Å². The first-order chi connectivity index (χ1) is 55.2. The lowest BCUT2D eigenvalue weighted by Crippen LogP contribution is -2.30. The van der Waals surface area contributed by atoms with Crippen molar-refractivity contribution in [2.24, 2.45) is 0 Å². The van der Waals surface area contributed by atoms with Gasteiger partial charge in [0.25, 0.3) is 0 Å². The third-order valence-corrected chi connectivity index (χ3v) is 24.3. The molecular weight excluding hydrogens is 1460 g/mol. The van der Waals surface area contributed by atoms with Gasteiger partial charge in [-0.3, -0.25) is 37.3 Å². The minimum atomic E-state index is -4.97. The Morgan fingerprint density at radius 2 is 0.354 bits per heavy atom. The van der Waals surface area contributed by atoms with E-state index in [4.69, 9.17) is 37.0 Å². The summed E-state index contributed by atoms with van der Waals surface area (Å²) in [5.74, 6) is -2.09. The molecule has 17 nitrogen and oxygen atoms in total. The predicted octanol–water partition coefficient (Wildman–Crippen LogP) is 29.6. The Hall–Kier alpha value is -1.94. The van der Waals surface area contributed by atoms with E-state index >= 15 is 0 Å². The van der Waals surface area contributed by atoms with Crippen LogP contribution >= 0.6 is 15.6 Å². The van der Waals surface area contributed by atoms with Gasteiger partial charge >= 0.3 is 39.5 Å². The summed E-state index contributed by atoms with van der Waals surface area (Å²) >= 11 is 0. The third-order valence-electron chi connectivity index (χ3n) is 22.4. The van der Waals surface area contributed by atoms with Crippen LogP contribution in [0.25, 0.3) is 0 Å². The van der Waals surface area contributed by atoms with Gasteiger partial charge in [-0.1, -0.05) is 471 Å². The van der Waals surface area contributed by atoms with Crippen LogP contribution in [0.15, 0.2) is 0 Å². The fourth-order valence-corrected chi connectivity index (χ4v) is 16.5. The Kier molecular flexibility index (Phi) is 86.4. The van der Waals surface area contributed by atoms with Gasteiger partial charge in [-0.05, 0) is 25.7 Å². The minimum absolute atomic E-state index is 0.110. The molecule has 0 aromatic heterocycles. The highest BCUT2D eigenvalue weighted by atomic mass is 31.2. The maximum Gasteiger partial charge on any atom is 0.472 e. The van der Waals surface area contributed by atoms with E-state index in [0.717, 1.165) is 89.9 Å². The molecule has 0 radical (unpaired) electrons. The average molecular weight is 1650 g/mol. The molecule has 0 bridgehead atoms. The Morgan fingerprint density at radius 3 is 0.522 bits per heavy atom. The summed E-state index contributed by atoms with van der Waals surface area (Å²) in [7, 11) is -9.94. The van der Waals surface area contributed by atoms with E-state index in [0.29, 0.717) is 25.7 Å². The number of phosphoric acid groups is 2. The molecule has 0 aromatic carbocycles. The predicted molar refractivity (Wildman–Crippen MR) is 469 cm³/mol. The lowest BCUT2D eigenvalue weighted by Gasteiger charge is -2.21. The largest absolute Gasteiger partial charge is 0.472 e. The van der Waals surface area contributed by atoms with E-state index < -0.39 is 97.5 Å². The zero-order chi connectivity index (χ0) is 82.4. The van der Waals surface area contributed by atoms with Crippen molar-refractivity contribution in [2.45, 2.75) is 540 Å². The van der Waals surface area contributed by atoms with Crippen molar-refractivity contribution < 1.29 is 80.2 Å². The molecule has 0 saturated heterocycles. The summed E-state index contributed by atoms with van der Waals surface area (Å²) in [4.78, 5) is 73.5. The summed E-state index contributed by atoms with van der Waals surface area (Å²) in [6.07, 6.45) is 86.3. The molecule has 0 aliphatic heterocycles. The second-order valence-electron chi connectivity index (χ2n) is 33.8. The smallest absolute Gasteiger partial charge is 0.462 e. The van der Waals surface area contributed by atoms with Gasteiger partial charge in [0.2, 0.25) is 0 Å². The van der Waals surface area contributed by atoms with Crippen molar-refractivity contribution in [3.05, 3.63) is 0 Å². The highest BCUT2D eigenvalue weighted by molar-refractivity contribution is 7.47. The second-order valence-corrected chi connectivity index (χ2v) is 36.7. The molecule has 2 unspecified atom stereocenters. The van der Waals surface area contributed by atoms with Crippen molar-refractivity contribution in [3.8, 4) is 0 Å². The Labute approximate surface area is 696 Å². The third kappa shape index (κ3) is 87.7. The molecule has 19 heteroatoms. The number of aliphatic hydroxyl groups excluding tert-OH is 1. The zero-order valence-corrected chi connectivity index (χ0v) is 76.2. The van der Waals surface area contributed by atoms with E-state index in [9.17, 15) is 43.2 Å². The number of carbonyl (C=O) groups excluding carboxylic acids is 4. The molecule has 0 fully saturated rings. The topological polar surface area (TPSA) is 237 Å². The number of hydrogen-bond donors (Lipinski definition) is 3. The van der Waals surface area contributed by atoms with Crippen molar-refractivity contribution in [1.82, 2.24) is 0 Å². The van der Waals surface area contributed by atoms with E-state index in [1.807, 2.05) is 0 Å². The first kappa shape index (κ1) is 111. The fraction of sp³-hybridized carbons (Fsp3) is 0.957. The number of esters is 4. The van der Waals surface area contributed by atoms with Gasteiger partial charge in [0, 0.05) is 25.7 Å². The van der Waals surface area contributed by atoms with Crippen molar-refractivity contribution in [1.29, 1.82) is 0 Å². The normalized spacial score (nSPS) is 13.6. The zero-order valence-electron chi connectivity index (χ0n) is 74.4. The molecular formula is C94H184O17P2. The second kappa shape index (κ2) is 87.9. The van der Waals surface area contributed by atoms with Gasteiger partial charge in [0.15, 0.2) is 12.2 Å². The first-order valence-corrected chi connectivity index (χ1v) is 51.8. The van der Waals surface area contributed by atoms with E-state index in [2.05, 4.69) is 27.7 Å². The number of hydrogen-bond acceptors (Lipinski definition) is 15. The Balaban J connectivity index is 5.23. The quantitative estimate of drug-likeness (QED) is 0.0222. The van der Waals surface area contributed by atoms with Crippen LogP contribution in [0.3, 0.4) is 0 Å². The Morgan fingerprint density at radius 1 is 0.212 bits per heavy atom. The van der Waals surface area contributed by atoms with Crippen LogP contribution in [0, 0.1) is 0 Å². The molecule has 672 valence electrons. The van der Waals surface area contributed by atoms with Crippen molar-refractivity contribution in [2.75, 3.05) is 39.6 Å². The lowest BCUT2D eigenvalue weighted by atomic mass is 10.0. The number of phosphoric ester groups is 2. The average Bonchev–Trinajstić information content (AvgIpc) is 0.905. The molecule has 0 saturated carbocycles. The minimum Gasteiger partial charge on any atom is -0.462 e. The highest BCUT2D eigenvalue weighted by Gasteiger charge is 2.31. The maximum atomic E-state index is 13.2. The summed E-state index contributed by atoms with van der Waals surface area (Å²) in [6, 6.07) is 0. The Bertz CT molecular complexity index is 2120. The number of carbonyl (C=O) groups is 4. The van der Waals surface area contributed by atoms with Crippen LogP contribution < -0.4 is 0 Å². The van der Waals surface area contributed by atoms with Crippen molar-refractivity contribution in [3.63, 3.8) is 0 Å². The number of aliphatic hydroxyl groups is 1. The first-order valence-electron chi connectivity index (χ1n) is 48.8. The van der Waals surface area contributed by atoms with Gasteiger partial charge in [-0.15, -0.1) is 0 Å². The fourth-order valence-electron chi connectivity index (χ4n) is 14.9. The van der Waals surface area contributed by atoms with Gasteiger partial charge in [0.1, 0.15) is 19.3 Å². The molecule has 5 atom stereocenters. The highest BCUT2D eigenvalue weighted by Crippen LogP contribution is 2.45. The van der Waals surface area contributed by atoms with E-state index in [1.165, 1.54) is 353 Å². The van der Waals surface area contributed by atoms with Crippen LogP contribution in [-0.4, -0.2) is 96.7 Å². The van der Waals surface area contributed by atoms with Crippen LogP contribution in [-0.2, 0) is 65.4 Å². The standard InChI is InChI=1S/C94H184O17P2/c1-5-9-13-17-21-25-29-33-36-39-42-45-48-51-54-57-61-65-69-73-77-81-94(99)111-90(85-105-92(97)79-75-71-67-63-59-55-52-49-46-43-40-37-34-30-26-22-18-14-10-6-2)87-109-113(102,103)107-83-88(95)82-106-112(100,101)108-86-89(84-104-91(96)78-74-70-66-62-58-32-28-24-20-16-12-8-4)110-93(98)80-76-72-68-64-60-56-53-50-47-44-41-38-35-31-27-23-19-15-11-7-3/h88-90,95H,5-87H2,1-4H3,(H,100,101)(H,102,103)/t88-,89+,90+/m0/s1. The molecule has 0 rings (SSSR count). The summed E-state index contributed by atoms with van der Waals surface area (Å²) in [5.41, 5.74) is 0. The summed E-state index contributed by atoms with van der Waals surface area (Å²) in [6.45, 7) is 5.11. The molecule has 0 aliphatic carbocycles. The molecule has 0 aliphatic rings. The van der Waals surface area contributed by atoms with E-state index in [-0.39, 0.29) is 25.7 Å². The molecule has 0 spiro atoms. The monoisotopic (exact) mass is 1650 g/mol. The van der Waals surface area contributed by atoms with Crippen LogP contribution in [0.5, 0.6) is 0 Å². The number of ether oxygens (including phenoxy) is 4. The lowest BCUT2D eigenvalue weighted by molar-refractivity contribution is -0.161. The summed E-state index contributed by atoms with van der Waals surface area (Å²) in [5, 5.41) is 10.7. The molecule has 113 heavy (non-hydrogen) atoms. The number of rotatable bonds is 95. The SMILES string of the molecule is CCCCCCCCCCCCCCCCCCCCCCCC(=O)O[C@H](COC(=O)CCCCCCCCCCCCCCCCCCCCCC)COP(=O)(O)OC[C@@H](O)COP(=O)(O)OC[C@@H](COC(=O)CCCCCCCCCCCCCC)OC(=O)CCCCCCCCCCCCCCCCCCCCCC. The van der Waals surface area contributed by atoms with Crippen molar-refractivity contribution >= 4 is 39.5 Å². The van der Waals surface area contributed by atoms with Gasteiger partial charge < -0.3 is 33.8 Å². The van der Waals surface area contributed by atoms with Gasteiger partial charge in [-0.25, -0.2) is 9.13 Å². The molecule has 3 N–H and O–H groups in total. The molecule has 0 aromatic rings. The summed E-state index contributed by atoms with van der Waals surface area (Å²) < 4.78 is 69.2. The maximum absolute atomic E-state index is 13.2. The molecule has 0 amide bonds. The van der Waals surface area contributed by atoms with Crippen LogP contribution in [0.2, 0.25) is 0 Å². The van der Waals surface area contributed by atoms with Crippen LogP contribution in [0.4, 0.5) is 0 Å². The van der Waals surface area contributed by atoms with Gasteiger partial charge in [-0.2, -0.15) is 0 Å². The number of unbranched alkanes of at least 4 members (excludes halogenated alkanes) is 69. The molecule has 0 heterocycles. The van der Waals surface area contributed by atoms with Crippen LogP contribution in [0.1, 0.15) is 522 Å². The van der Waals surface area contributed by atoms with Gasteiger partial charge in [0.05, 0.1) is 26.4 Å².